The van der Waals surface area contributed by atoms with Crippen molar-refractivity contribution in [3.05, 3.63) is 54.4 Å². The van der Waals surface area contributed by atoms with Crippen molar-refractivity contribution in [2.24, 2.45) is 17.1 Å². The first-order valence-electron chi connectivity index (χ1n) is 11.1. The Hall–Kier alpha value is -2.69. The van der Waals surface area contributed by atoms with Gasteiger partial charge in [0.05, 0.1) is 5.41 Å². The first-order valence-corrected chi connectivity index (χ1v) is 11.1. The van der Waals surface area contributed by atoms with E-state index in [1.807, 2.05) is 29.3 Å². The van der Waals surface area contributed by atoms with Gasteiger partial charge in [0.2, 0.25) is 11.8 Å². The summed E-state index contributed by atoms with van der Waals surface area (Å²) in [7, 11) is 0. The van der Waals surface area contributed by atoms with Crippen LogP contribution in [0.3, 0.4) is 0 Å². The standard InChI is InChI=1S/C25H31N3O2/c26-24(30)25(10-13-28(14-11-25)23(29)16-19-5-1-2-6-19)17-20-7-3-8-21(15-20)22-9-4-12-27-18-22/h3-4,7-9,12,15,18-19H,1-2,5-6,10-11,13-14,16-17H2,(H2,26,30). The van der Waals surface area contributed by atoms with E-state index >= 15 is 0 Å². The lowest BCUT2D eigenvalue weighted by atomic mass is 9.73. The molecule has 2 aliphatic rings. The molecule has 1 aliphatic heterocycles. The van der Waals surface area contributed by atoms with Gasteiger partial charge in [0, 0.05) is 31.9 Å². The first-order chi connectivity index (χ1) is 14.6. The van der Waals surface area contributed by atoms with Crippen LogP contribution in [0, 0.1) is 11.3 Å². The highest BCUT2D eigenvalue weighted by atomic mass is 16.2. The number of pyridine rings is 1. The summed E-state index contributed by atoms with van der Waals surface area (Å²) in [6.07, 6.45) is 11.0. The summed E-state index contributed by atoms with van der Waals surface area (Å²) in [6.45, 7) is 1.24. The third-order valence-electron chi connectivity index (χ3n) is 7.00. The lowest BCUT2D eigenvalue weighted by molar-refractivity contribution is -0.139. The van der Waals surface area contributed by atoms with Crippen molar-refractivity contribution >= 4 is 11.8 Å². The zero-order valence-electron chi connectivity index (χ0n) is 17.6. The van der Waals surface area contributed by atoms with Gasteiger partial charge in [0.25, 0.3) is 0 Å². The van der Waals surface area contributed by atoms with Crippen molar-refractivity contribution in [3.8, 4) is 11.1 Å². The smallest absolute Gasteiger partial charge is 0.224 e. The molecule has 1 aromatic carbocycles. The lowest BCUT2D eigenvalue weighted by Crippen LogP contribution is -2.50. The molecule has 4 rings (SSSR count). The molecule has 158 valence electrons. The number of hydrogen-bond acceptors (Lipinski definition) is 3. The fraction of sp³-hybridized carbons (Fsp3) is 0.480. The molecule has 2 amide bonds. The van der Waals surface area contributed by atoms with E-state index in [2.05, 4.69) is 23.2 Å². The number of piperidine rings is 1. The van der Waals surface area contributed by atoms with Gasteiger partial charge in [-0.05, 0) is 60.8 Å². The number of carbonyl (C=O) groups is 2. The van der Waals surface area contributed by atoms with Gasteiger partial charge in [-0.2, -0.15) is 0 Å². The van der Waals surface area contributed by atoms with E-state index in [0.717, 1.165) is 16.7 Å². The minimum atomic E-state index is -0.586. The Morgan fingerprint density at radius 2 is 1.80 bits per heavy atom. The largest absolute Gasteiger partial charge is 0.369 e. The first kappa shape index (κ1) is 20.6. The van der Waals surface area contributed by atoms with Gasteiger partial charge in [0.15, 0.2) is 0 Å². The second-order valence-corrected chi connectivity index (χ2v) is 9.00. The Morgan fingerprint density at radius 1 is 1.07 bits per heavy atom. The van der Waals surface area contributed by atoms with Crippen LogP contribution >= 0.6 is 0 Å². The molecule has 1 aromatic heterocycles. The summed E-state index contributed by atoms with van der Waals surface area (Å²) in [6, 6.07) is 12.2. The van der Waals surface area contributed by atoms with E-state index in [1.54, 1.807) is 6.20 Å². The normalized spacial score (nSPS) is 19.0. The van der Waals surface area contributed by atoms with Crippen LogP contribution < -0.4 is 5.73 Å². The van der Waals surface area contributed by atoms with Crippen LogP contribution in [0.25, 0.3) is 11.1 Å². The van der Waals surface area contributed by atoms with Crippen LogP contribution in [0.4, 0.5) is 0 Å². The summed E-state index contributed by atoms with van der Waals surface area (Å²) in [5.41, 5.74) is 8.56. The molecule has 1 saturated heterocycles. The molecular formula is C25H31N3O2. The summed E-state index contributed by atoms with van der Waals surface area (Å²) in [5, 5.41) is 0. The van der Waals surface area contributed by atoms with Crippen LogP contribution in [0.1, 0.15) is 50.5 Å². The van der Waals surface area contributed by atoms with E-state index in [0.29, 0.717) is 44.7 Å². The van der Waals surface area contributed by atoms with E-state index in [4.69, 9.17) is 5.73 Å². The molecule has 0 radical (unpaired) electrons. The van der Waals surface area contributed by atoms with Gasteiger partial charge >= 0.3 is 0 Å². The molecule has 0 atom stereocenters. The number of hydrogen-bond donors (Lipinski definition) is 1. The SMILES string of the molecule is NC(=O)C1(Cc2cccc(-c3cccnc3)c2)CCN(C(=O)CC2CCCC2)CC1. The quantitative estimate of drug-likeness (QED) is 0.790. The molecule has 0 unspecified atom stereocenters. The number of primary amides is 1. The Morgan fingerprint density at radius 3 is 2.47 bits per heavy atom. The highest BCUT2D eigenvalue weighted by molar-refractivity contribution is 5.82. The lowest BCUT2D eigenvalue weighted by Gasteiger charge is -2.40. The van der Waals surface area contributed by atoms with Crippen molar-refractivity contribution in [1.82, 2.24) is 9.88 Å². The van der Waals surface area contributed by atoms with Crippen LogP contribution in [0.5, 0.6) is 0 Å². The number of amides is 2. The van der Waals surface area contributed by atoms with E-state index < -0.39 is 5.41 Å². The van der Waals surface area contributed by atoms with Gasteiger partial charge in [-0.1, -0.05) is 43.2 Å². The molecule has 1 saturated carbocycles. The number of likely N-dealkylation sites (tertiary alicyclic amines) is 1. The summed E-state index contributed by atoms with van der Waals surface area (Å²) >= 11 is 0. The molecule has 5 nitrogen and oxygen atoms in total. The molecule has 0 bridgehead atoms. The van der Waals surface area contributed by atoms with Crippen LogP contribution in [0.15, 0.2) is 48.8 Å². The maximum Gasteiger partial charge on any atom is 0.224 e. The maximum atomic E-state index is 12.7. The summed E-state index contributed by atoms with van der Waals surface area (Å²) in [5.74, 6) is 0.547. The van der Waals surface area contributed by atoms with Crippen LogP contribution in [0.2, 0.25) is 0 Å². The number of nitrogens with two attached hydrogens (primary N) is 1. The third-order valence-corrected chi connectivity index (χ3v) is 7.00. The van der Waals surface area contributed by atoms with Crippen molar-refractivity contribution in [2.45, 2.75) is 51.4 Å². The monoisotopic (exact) mass is 405 g/mol. The van der Waals surface area contributed by atoms with E-state index in [9.17, 15) is 9.59 Å². The molecule has 2 fully saturated rings. The zero-order chi connectivity index (χ0) is 21.0. The van der Waals surface area contributed by atoms with Crippen molar-refractivity contribution < 1.29 is 9.59 Å². The Balaban J connectivity index is 1.43. The minimum Gasteiger partial charge on any atom is -0.369 e. The van der Waals surface area contributed by atoms with Crippen molar-refractivity contribution in [3.63, 3.8) is 0 Å². The number of nitrogens with zero attached hydrogens (tertiary/aromatic N) is 2. The number of aromatic nitrogens is 1. The predicted octanol–water partition coefficient (Wildman–Crippen LogP) is 3.97. The minimum absolute atomic E-state index is 0.249. The summed E-state index contributed by atoms with van der Waals surface area (Å²) < 4.78 is 0. The maximum absolute atomic E-state index is 12.7. The second kappa shape index (κ2) is 8.99. The predicted molar refractivity (Wildman–Crippen MR) is 117 cm³/mol. The Kier molecular flexibility index (Phi) is 6.16. The van der Waals surface area contributed by atoms with Gasteiger partial charge in [0.1, 0.15) is 0 Å². The number of rotatable bonds is 6. The molecule has 2 N–H and O–H groups in total. The number of benzene rings is 1. The fourth-order valence-electron chi connectivity index (χ4n) is 5.07. The highest BCUT2D eigenvalue weighted by Crippen LogP contribution is 2.37. The van der Waals surface area contributed by atoms with Gasteiger partial charge in [-0.3, -0.25) is 14.6 Å². The molecule has 0 spiro atoms. The molecule has 1 aliphatic carbocycles. The van der Waals surface area contributed by atoms with Crippen LogP contribution in [-0.4, -0.2) is 34.8 Å². The van der Waals surface area contributed by atoms with Crippen LogP contribution in [-0.2, 0) is 16.0 Å². The Bertz CT molecular complexity index is 882. The van der Waals surface area contributed by atoms with E-state index in [-0.39, 0.29) is 11.8 Å². The molecular weight excluding hydrogens is 374 g/mol. The topological polar surface area (TPSA) is 76.3 Å². The van der Waals surface area contributed by atoms with Crippen molar-refractivity contribution in [1.29, 1.82) is 0 Å². The van der Waals surface area contributed by atoms with Gasteiger partial charge < -0.3 is 10.6 Å². The van der Waals surface area contributed by atoms with E-state index in [1.165, 1.54) is 25.7 Å². The summed E-state index contributed by atoms with van der Waals surface area (Å²) in [4.78, 5) is 31.3. The fourth-order valence-corrected chi connectivity index (χ4v) is 5.07. The molecule has 30 heavy (non-hydrogen) atoms. The zero-order valence-corrected chi connectivity index (χ0v) is 17.6. The average molecular weight is 406 g/mol. The second-order valence-electron chi connectivity index (χ2n) is 9.00. The molecule has 5 heteroatoms. The van der Waals surface area contributed by atoms with Crippen molar-refractivity contribution in [2.75, 3.05) is 13.1 Å². The molecule has 2 aromatic rings. The van der Waals surface area contributed by atoms with Gasteiger partial charge in [-0.15, -0.1) is 0 Å². The number of carbonyl (C=O) groups excluding carboxylic acids is 2. The highest BCUT2D eigenvalue weighted by Gasteiger charge is 2.41. The average Bonchev–Trinajstić information content (AvgIpc) is 3.28. The Labute approximate surface area is 178 Å². The third kappa shape index (κ3) is 4.55. The molecule has 2 heterocycles. The van der Waals surface area contributed by atoms with Gasteiger partial charge in [-0.25, -0.2) is 0 Å².